The zero-order valence-corrected chi connectivity index (χ0v) is 12.2. The molecule has 0 aromatic carbocycles. The smallest absolute Gasteiger partial charge is 0.251 e. The van der Waals surface area contributed by atoms with Crippen LogP contribution < -0.4 is 10.9 Å². The Labute approximate surface area is 124 Å². The first kappa shape index (κ1) is 13.0. The Kier molecular flexibility index (Phi) is 3.07. The fourth-order valence-corrected chi connectivity index (χ4v) is 4.24. The van der Waals surface area contributed by atoms with Gasteiger partial charge in [0.15, 0.2) is 0 Å². The van der Waals surface area contributed by atoms with Gasteiger partial charge in [-0.25, -0.2) is 0 Å². The van der Waals surface area contributed by atoms with E-state index >= 15 is 0 Å². The van der Waals surface area contributed by atoms with Crippen LogP contribution in [-0.4, -0.2) is 22.6 Å². The van der Waals surface area contributed by atoms with Crippen LogP contribution in [0.1, 0.15) is 25.7 Å². The standard InChI is InChI=1S/C17H21N3O/c21-16-2-1-14-3-6-19-11-15(14)20(16)12-13-9-17(10-13)4-7-18-8-5-17/h1-3,6,11,13,18H,4-5,7-10,12H2. The highest BCUT2D eigenvalue weighted by atomic mass is 16.1. The Morgan fingerprint density at radius 2 is 2.05 bits per heavy atom. The van der Waals surface area contributed by atoms with Gasteiger partial charge in [0, 0.05) is 24.2 Å². The summed E-state index contributed by atoms with van der Waals surface area (Å²) in [6, 6.07) is 5.55. The number of nitrogens with one attached hydrogen (secondary N) is 1. The number of aromatic nitrogens is 2. The van der Waals surface area contributed by atoms with E-state index in [1.165, 1.54) is 25.7 Å². The number of rotatable bonds is 2. The Hall–Kier alpha value is -1.68. The van der Waals surface area contributed by atoms with E-state index in [-0.39, 0.29) is 5.56 Å². The highest BCUT2D eigenvalue weighted by Crippen LogP contribution is 2.52. The van der Waals surface area contributed by atoms with Crippen molar-refractivity contribution in [3.8, 4) is 0 Å². The summed E-state index contributed by atoms with van der Waals surface area (Å²) in [6.07, 6.45) is 8.75. The van der Waals surface area contributed by atoms with Crippen LogP contribution in [0.5, 0.6) is 0 Å². The highest BCUT2D eigenvalue weighted by Gasteiger charge is 2.44. The van der Waals surface area contributed by atoms with Gasteiger partial charge in [0.25, 0.3) is 5.56 Å². The number of nitrogens with zero attached hydrogens (tertiary/aromatic N) is 2. The monoisotopic (exact) mass is 283 g/mol. The SMILES string of the molecule is O=c1ccc2ccncc2n1CC1CC2(CCNCC2)C1. The maximum absolute atomic E-state index is 12.2. The van der Waals surface area contributed by atoms with E-state index < -0.39 is 0 Å². The fraction of sp³-hybridized carbons (Fsp3) is 0.529. The third-order valence-electron chi connectivity index (χ3n) is 5.34. The van der Waals surface area contributed by atoms with Crippen molar-refractivity contribution in [1.82, 2.24) is 14.9 Å². The van der Waals surface area contributed by atoms with E-state index in [9.17, 15) is 4.79 Å². The number of fused-ring (bicyclic) bond motifs is 1. The molecule has 1 saturated heterocycles. The van der Waals surface area contributed by atoms with E-state index in [1.54, 1.807) is 12.3 Å². The van der Waals surface area contributed by atoms with Crippen LogP contribution in [0.2, 0.25) is 0 Å². The highest BCUT2D eigenvalue weighted by molar-refractivity contribution is 5.77. The van der Waals surface area contributed by atoms with Crippen LogP contribution in [0.3, 0.4) is 0 Å². The van der Waals surface area contributed by atoms with Gasteiger partial charge in [0.05, 0.1) is 11.7 Å². The molecule has 2 aromatic rings. The van der Waals surface area contributed by atoms with Gasteiger partial charge in [0.2, 0.25) is 0 Å². The fourth-order valence-electron chi connectivity index (χ4n) is 4.24. The van der Waals surface area contributed by atoms with E-state index in [0.29, 0.717) is 11.3 Å². The Bertz CT molecular complexity index is 707. The average molecular weight is 283 g/mol. The number of hydrogen-bond acceptors (Lipinski definition) is 3. The second-order valence-corrected chi connectivity index (χ2v) is 6.74. The minimum absolute atomic E-state index is 0.0989. The number of pyridine rings is 2. The van der Waals surface area contributed by atoms with Crippen LogP contribution in [0.25, 0.3) is 10.9 Å². The lowest BCUT2D eigenvalue weighted by Crippen LogP contribution is -2.47. The third kappa shape index (κ3) is 2.27. The van der Waals surface area contributed by atoms with Crippen LogP contribution in [0, 0.1) is 11.3 Å². The maximum Gasteiger partial charge on any atom is 0.251 e. The molecule has 2 aliphatic rings. The predicted molar refractivity (Wildman–Crippen MR) is 83.3 cm³/mol. The second kappa shape index (κ2) is 4.95. The molecule has 2 aromatic heterocycles. The molecule has 4 nitrogen and oxygen atoms in total. The van der Waals surface area contributed by atoms with Crippen molar-refractivity contribution in [2.75, 3.05) is 13.1 Å². The van der Waals surface area contributed by atoms with Gasteiger partial charge < -0.3 is 9.88 Å². The summed E-state index contributed by atoms with van der Waals surface area (Å²) in [5, 5.41) is 4.54. The molecule has 1 spiro atoms. The number of piperidine rings is 1. The summed E-state index contributed by atoms with van der Waals surface area (Å²) in [4.78, 5) is 16.4. The maximum atomic E-state index is 12.2. The molecule has 1 saturated carbocycles. The molecule has 1 aliphatic heterocycles. The first-order chi connectivity index (χ1) is 10.3. The van der Waals surface area contributed by atoms with Crippen molar-refractivity contribution >= 4 is 10.9 Å². The van der Waals surface area contributed by atoms with Crippen molar-refractivity contribution in [3.05, 3.63) is 40.9 Å². The van der Waals surface area contributed by atoms with Gasteiger partial charge >= 0.3 is 0 Å². The average Bonchev–Trinajstić information content (AvgIpc) is 2.49. The molecule has 0 bridgehead atoms. The summed E-state index contributed by atoms with van der Waals surface area (Å²) in [6.45, 7) is 3.16. The normalized spacial score (nSPS) is 21.5. The van der Waals surface area contributed by atoms with Gasteiger partial charge in [0.1, 0.15) is 0 Å². The molecule has 110 valence electrons. The largest absolute Gasteiger partial charge is 0.317 e. The van der Waals surface area contributed by atoms with E-state index in [1.807, 2.05) is 22.9 Å². The summed E-state index contributed by atoms with van der Waals surface area (Å²) < 4.78 is 1.92. The van der Waals surface area contributed by atoms with Gasteiger partial charge in [-0.3, -0.25) is 9.78 Å². The molecule has 4 rings (SSSR count). The first-order valence-electron chi connectivity index (χ1n) is 7.90. The van der Waals surface area contributed by atoms with Crippen molar-refractivity contribution in [3.63, 3.8) is 0 Å². The Morgan fingerprint density at radius 3 is 2.86 bits per heavy atom. The summed E-state index contributed by atoms with van der Waals surface area (Å²) in [5.74, 6) is 0.645. The minimum atomic E-state index is 0.0989. The van der Waals surface area contributed by atoms with Crippen molar-refractivity contribution in [2.24, 2.45) is 11.3 Å². The summed E-state index contributed by atoms with van der Waals surface area (Å²) >= 11 is 0. The van der Waals surface area contributed by atoms with Crippen molar-refractivity contribution in [2.45, 2.75) is 32.2 Å². The molecule has 4 heteroatoms. The topological polar surface area (TPSA) is 46.9 Å². The molecule has 3 heterocycles. The van der Waals surface area contributed by atoms with Crippen LogP contribution >= 0.6 is 0 Å². The molecular formula is C17H21N3O. The van der Waals surface area contributed by atoms with E-state index in [2.05, 4.69) is 10.3 Å². The molecule has 0 atom stereocenters. The quantitative estimate of drug-likeness (QED) is 0.919. The van der Waals surface area contributed by atoms with Crippen LogP contribution in [0.4, 0.5) is 0 Å². The molecule has 21 heavy (non-hydrogen) atoms. The van der Waals surface area contributed by atoms with Crippen molar-refractivity contribution < 1.29 is 0 Å². The lowest BCUT2D eigenvalue weighted by Gasteiger charge is -2.50. The minimum Gasteiger partial charge on any atom is -0.317 e. The second-order valence-electron chi connectivity index (χ2n) is 6.74. The molecule has 0 radical (unpaired) electrons. The zero-order chi connectivity index (χ0) is 14.3. The number of hydrogen-bond donors (Lipinski definition) is 1. The summed E-state index contributed by atoms with van der Waals surface area (Å²) in [7, 11) is 0. The third-order valence-corrected chi connectivity index (χ3v) is 5.34. The summed E-state index contributed by atoms with van der Waals surface area (Å²) in [5.41, 5.74) is 1.64. The van der Waals surface area contributed by atoms with Crippen LogP contribution in [-0.2, 0) is 6.54 Å². The molecule has 2 fully saturated rings. The van der Waals surface area contributed by atoms with Gasteiger partial charge in [-0.1, -0.05) is 0 Å². The van der Waals surface area contributed by atoms with Gasteiger partial charge in [-0.15, -0.1) is 0 Å². The molecule has 1 N–H and O–H groups in total. The lowest BCUT2D eigenvalue weighted by molar-refractivity contribution is 0.0132. The molecule has 1 aliphatic carbocycles. The van der Waals surface area contributed by atoms with Crippen LogP contribution in [0.15, 0.2) is 35.4 Å². The Balaban J connectivity index is 1.56. The first-order valence-corrected chi connectivity index (χ1v) is 7.90. The van der Waals surface area contributed by atoms with Gasteiger partial charge in [-0.05, 0) is 62.2 Å². The van der Waals surface area contributed by atoms with Crippen molar-refractivity contribution in [1.29, 1.82) is 0 Å². The molecule has 0 amide bonds. The lowest BCUT2D eigenvalue weighted by atomic mass is 9.58. The van der Waals surface area contributed by atoms with E-state index in [0.717, 1.165) is 30.5 Å². The molecule has 0 unspecified atom stereocenters. The zero-order valence-electron chi connectivity index (χ0n) is 12.2. The Morgan fingerprint density at radius 1 is 1.24 bits per heavy atom. The van der Waals surface area contributed by atoms with E-state index in [4.69, 9.17) is 0 Å². The molecular weight excluding hydrogens is 262 g/mol. The predicted octanol–water partition coefficient (Wildman–Crippen LogP) is 2.18. The van der Waals surface area contributed by atoms with Gasteiger partial charge in [-0.2, -0.15) is 0 Å².